The maximum atomic E-state index is 12.5. The lowest BCUT2D eigenvalue weighted by atomic mass is 10.1. The number of hydrogen-bond donors (Lipinski definition) is 1. The number of rotatable bonds is 5. The third-order valence-corrected chi connectivity index (χ3v) is 4.02. The number of nitrogens with zero attached hydrogens (tertiary/aromatic N) is 2. The minimum absolute atomic E-state index is 0.142. The molecular weight excluding hydrogens is 306 g/mol. The molecule has 2 aromatic heterocycles. The quantitative estimate of drug-likeness (QED) is 0.577. The number of aromatic amines is 1. The highest BCUT2D eigenvalue weighted by atomic mass is 16.5. The molecule has 0 fully saturated rings. The molecule has 6 heteroatoms. The molecule has 0 atom stereocenters. The van der Waals surface area contributed by atoms with Crippen molar-refractivity contribution < 1.29 is 9.47 Å². The molecule has 0 aliphatic heterocycles. The number of para-hydroxylation sites is 1. The van der Waals surface area contributed by atoms with E-state index in [4.69, 9.17) is 4.74 Å². The molecule has 24 heavy (non-hydrogen) atoms. The largest absolute Gasteiger partial charge is 0.616 e. The smallest absolute Gasteiger partial charge is 0.401 e. The first kappa shape index (κ1) is 16.1. The number of methoxy groups -OCH3 is 1. The summed E-state index contributed by atoms with van der Waals surface area (Å²) in [7, 11) is 1.44. The third-order valence-electron chi connectivity index (χ3n) is 4.02. The zero-order valence-corrected chi connectivity index (χ0v) is 14.1. The van der Waals surface area contributed by atoms with Crippen molar-refractivity contribution in [2.75, 3.05) is 7.11 Å². The third kappa shape index (κ3) is 2.87. The fourth-order valence-electron chi connectivity index (χ4n) is 2.92. The van der Waals surface area contributed by atoms with Gasteiger partial charge in [0.25, 0.3) is 5.69 Å². The van der Waals surface area contributed by atoms with Gasteiger partial charge in [-0.3, -0.25) is 4.79 Å². The number of ether oxygens (including phenoxy) is 1. The van der Waals surface area contributed by atoms with Crippen molar-refractivity contribution in [3.05, 3.63) is 63.5 Å². The topological polar surface area (TPSA) is 74.0 Å². The zero-order chi connectivity index (χ0) is 17.3. The first-order valence-corrected chi connectivity index (χ1v) is 7.96. The van der Waals surface area contributed by atoms with Gasteiger partial charge in [-0.2, -0.15) is 0 Å². The molecule has 0 amide bonds. The number of nitrogens with one attached hydrogen (secondary N) is 1. The van der Waals surface area contributed by atoms with Crippen LogP contribution in [0.4, 0.5) is 0 Å². The van der Waals surface area contributed by atoms with Gasteiger partial charge in [0, 0.05) is 18.1 Å². The molecule has 1 aromatic carbocycles. The maximum absolute atomic E-state index is 12.5. The lowest BCUT2D eigenvalue weighted by Gasteiger charge is -2.13. The van der Waals surface area contributed by atoms with Gasteiger partial charge in [-0.15, -0.1) is 4.73 Å². The van der Waals surface area contributed by atoms with E-state index in [-0.39, 0.29) is 23.1 Å². The number of aromatic nitrogens is 3. The normalized spacial score (nSPS) is 11.3. The van der Waals surface area contributed by atoms with Gasteiger partial charge < -0.3 is 19.5 Å². The molecule has 0 saturated carbocycles. The Balaban J connectivity index is 2.06. The number of H-pyrrole nitrogens is 1. The lowest BCUT2D eigenvalue weighted by Crippen LogP contribution is -2.43. The van der Waals surface area contributed by atoms with Gasteiger partial charge in [-0.25, -0.2) is 0 Å². The van der Waals surface area contributed by atoms with Gasteiger partial charge in [0.2, 0.25) is 0 Å². The molecule has 0 radical (unpaired) electrons. The fraction of sp³-hybridized carbons (Fsp3) is 0.333. The average Bonchev–Trinajstić information content (AvgIpc) is 2.95. The van der Waals surface area contributed by atoms with Crippen LogP contribution in [0.25, 0.3) is 10.9 Å². The SMILES string of the molecule is COc1c(Cn2ccc3ccccc32)[nH]c(=O)c(CC(C)C)[n+]1[O-]. The van der Waals surface area contributed by atoms with E-state index in [9.17, 15) is 10.0 Å². The predicted octanol–water partition coefficient (Wildman–Crippen LogP) is 2.22. The van der Waals surface area contributed by atoms with Crippen LogP contribution in [0, 0.1) is 11.1 Å². The Hall–Kier alpha value is -2.76. The Labute approximate surface area is 139 Å². The minimum Gasteiger partial charge on any atom is -0.616 e. The Kier molecular flexibility index (Phi) is 4.29. The number of hydrogen-bond acceptors (Lipinski definition) is 3. The Morgan fingerprint density at radius 1 is 1.29 bits per heavy atom. The van der Waals surface area contributed by atoms with Crippen LogP contribution in [0.2, 0.25) is 0 Å². The first-order chi connectivity index (χ1) is 11.5. The maximum Gasteiger partial charge on any atom is 0.401 e. The second-order valence-electron chi connectivity index (χ2n) is 6.28. The summed E-state index contributed by atoms with van der Waals surface area (Å²) in [6.45, 7) is 4.29. The first-order valence-electron chi connectivity index (χ1n) is 7.96. The van der Waals surface area contributed by atoms with E-state index in [1.54, 1.807) is 0 Å². The summed E-state index contributed by atoms with van der Waals surface area (Å²) >= 11 is 0. The summed E-state index contributed by atoms with van der Waals surface area (Å²) in [6.07, 6.45) is 2.33. The van der Waals surface area contributed by atoms with Crippen LogP contribution in [0.1, 0.15) is 25.2 Å². The van der Waals surface area contributed by atoms with Crippen LogP contribution in [0.3, 0.4) is 0 Å². The second-order valence-corrected chi connectivity index (χ2v) is 6.28. The van der Waals surface area contributed by atoms with Gasteiger partial charge in [0.15, 0.2) is 5.69 Å². The number of fused-ring (bicyclic) bond motifs is 1. The molecule has 3 rings (SSSR count). The van der Waals surface area contributed by atoms with Gasteiger partial charge in [0.05, 0.1) is 13.7 Å². The van der Waals surface area contributed by atoms with Crippen LogP contribution in [-0.4, -0.2) is 16.7 Å². The summed E-state index contributed by atoms with van der Waals surface area (Å²) in [5.74, 6) is 0.346. The highest BCUT2D eigenvalue weighted by Gasteiger charge is 2.23. The van der Waals surface area contributed by atoms with Crippen molar-refractivity contribution in [3.8, 4) is 5.88 Å². The standard InChI is InChI=1S/C18H21N3O3/c1-12(2)10-16-17(22)19-14(18(24-3)21(16)23)11-20-9-8-13-6-4-5-7-15(13)20/h4-9,12H,10-11H2,1-3H3,(H,19,22). The molecule has 126 valence electrons. The Bertz CT molecular complexity index is 925. The van der Waals surface area contributed by atoms with E-state index in [0.717, 1.165) is 10.9 Å². The van der Waals surface area contributed by atoms with Crippen LogP contribution >= 0.6 is 0 Å². The summed E-state index contributed by atoms with van der Waals surface area (Å²) in [5.41, 5.74) is 1.32. The van der Waals surface area contributed by atoms with Gasteiger partial charge >= 0.3 is 11.4 Å². The van der Waals surface area contributed by atoms with Crippen molar-refractivity contribution in [2.45, 2.75) is 26.8 Å². The molecule has 6 nitrogen and oxygen atoms in total. The van der Waals surface area contributed by atoms with Gasteiger partial charge in [0.1, 0.15) is 0 Å². The highest BCUT2D eigenvalue weighted by molar-refractivity contribution is 5.80. The molecule has 0 saturated heterocycles. The molecule has 0 aliphatic carbocycles. The van der Waals surface area contributed by atoms with Crippen LogP contribution in [0.5, 0.6) is 5.88 Å². The van der Waals surface area contributed by atoms with Crippen molar-refractivity contribution >= 4 is 10.9 Å². The van der Waals surface area contributed by atoms with Crippen LogP contribution in [0.15, 0.2) is 41.3 Å². The monoisotopic (exact) mass is 327 g/mol. The summed E-state index contributed by atoms with van der Waals surface area (Å²) < 4.78 is 7.88. The molecule has 0 bridgehead atoms. The van der Waals surface area contributed by atoms with E-state index in [1.807, 2.05) is 54.9 Å². The van der Waals surface area contributed by atoms with Crippen LogP contribution < -0.4 is 15.0 Å². The van der Waals surface area contributed by atoms with Crippen molar-refractivity contribution in [1.82, 2.24) is 9.55 Å². The van der Waals surface area contributed by atoms with E-state index in [1.165, 1.54) is 7.11 Å². The molecule has 0 aliphatic rings. The van der Waals surface area contributed by atoms with Gasteiger partial charge in [-0.05, 0) is 23.4 Å². The van der Waals surface area contributed by atoms with E-state index < -0.39 is 0 Å². The van der Waals surface area contributed by atoms with Gasteiger partial charge in [-0.1, -0.05) is 32.0 Å². The predicted molar refractivity (Wildman–Crippen MR) is 92.2 cm³/mol. The van der Waals surface area contributed by atoms with Crippen molar-refractivity contribution in [2.24, 2.45) is 5.92 Å². The van der Waals surface area contributed by atoms with E-state index >= 15 is 0 Å². The van der Waals surface area contributed by atoms with Crippen molar-refractivity contribution in [3.63, 3.8) is 0 Å². The second kappa shape index (κ2) is 6.39. The summed E-state index contributed by atoms with van der Waals surface area (Å²) in [6, 6.07) is 9.95. The molecule has 3 aromatic rings. The Morgan fingerprint density at radius 2 is 2.04 bits per heavy atom. The van der Waals surface area contributed by atoms with E-state index in [0.29, 0.717) is 23.4 Å². The van der Waals surface area contributed by atoms with Crippen LogP contribution in [-0.2, 0) is 13.0 Å². The minimum atomic E-state index is -0.356. The van der Waals surface area contributed by atoms with E-state index in [2.05, 4.69) is 4.98 Å². The Morgan fingerprint density at radius 3 is 2.75 bits per heavy atom. The summed E-state index contributed by atoms with van der Waals surface area (Å²) in [4.78, 5) is 15.1. The average molecular weight is 327 g/mol. The molecular formula is C18H21N3O3. The molecule has 0 unspecified atom stereocenters. The highest BCUT2D eigenvalue weighted by Crippen LogP contribution is 2.18. The molecule has 1 N–H and O–H groups in total. The number of benzene rings is 1. The molecule has 0 spiro atoms. The zero-order valence-electron chi connectivity index (χ0n) is 14.1. The fourth-order valence-corrected chi connectivity index (χ4v) is 2.92. The van der Waals surface area contributed by atoms with Crippen molar-refractivity contribution in [1.29, 1.82) is 0 Å². The lowest BCUT2D eigenvalue weighted by molar-refractivity contribution is -0.622. The summed E-state index contributed by atoms with van der Waals surface area (Å²) in [5, 5.41) is 13.6. The molecule has 2 heterocycles.